The molecule has 2 aromatic carbocycles. The quantitative estimate of drug-likeness (QED) is 0.527. The zero-order valence-electron chi connectivity index (χ0n) is 17.1. The van der Waals surface area contributed by atoms with E-state index in [2.05, 4.69) is 14.7 Å². The van der Waals surface area contributed by atoms with Crippen LogP contribution in [-0.2, 0) is 16.4 Å². The first-order valence-electron chi connectivity index (χ1n) is 10.1. The van der Waals surface area contributed by atoms with E-state index in [-0.39, 0.29) is 16.6 Å². The minimum Gasteiger partial charge on any atom is -0.406 e. The van der Waals surface area contributed by atoms with Gasteiger partial charge >= 0.3 is 6.36 Å². The number of hydrogen-bond acceptors (Lipinski definition) is 5. The molecule has 1 aliphatic heterocycles. The van der Waals surface area contributed by atoms with Crippen molar-refractivity contribution in [3.63, 3.8) is 0 Å². The largest absolute Gasteiger partial charge is 0.573 e. The summed E-state index contributed by atoms with van der Waals surface area (Å²) in [5.74, 6) is -0.738. The van der Waals surface area contributed by atoms with Crippen molar-refractivity contribution < 1.29 is 26.3 Å². The first-order chi connectivity index (χ1) is 15.2. The van der Waals surface area contributed by atoms with Gasteiger partial charge in [-0.1, -0.05) is 18.2 Å². The predicted octanol–water partition coefficient (Wildman–Crippen LogP) is 4.07. The second-order valence-electron chi connectivity index (χ2n) is 7.81. The number of halogens is 3. The SMILES string of the molecule is O=S(=O)(C[C@@H]1CCN(Cc2ccc(-n3cccn3)cc2)C1)c1cccc(OC(F)(F)F)c1. The number of ether oxygens (including phenoxy) is 1. The van der Waals surface area contributed by atoms with E-state index in [4.69, 9.17) is 0 Å². The predicted molar refractivity (Wildman–Crippen MR) is 112 cm³/mol. The van der Waals surface area contributed by atoms with Gasteiger partial charge in [-0.15, -0.1) is 13.2 Å². The molecule has 1 atom stereocenters. The lowest BCUT2D eigenvalue weighted by atomic mass is 10.1. The Labute approximate surface area is 184 Å². The molecular formula is C22H22F3N3O3S. The Morgan fingerprint density at radius 1 is 1.09 bits per heavy atom. The summed E-state index contributed by atoms with van der Waals surface area (Å²) in [6.07, 6.45) is -0.578. The van der Waals surface area contributed by atoms with E-state index in [0.717, 1.165) is 29.9 Å². The van der Waals surface area contributed by atoms with Crippen molar-refractivity contribution in [2.24, 2.45) is 5.92 Å². The van der Waals surface area contributed by atoms with E-state index in [1.54, 1.807) is 10.9 Å². The molecule has 6 nitrogen and oxygen atoms in total. The van der Waals surface area contributed by atoms with Gasteiger partial charge in [-0.2, -0.15) is 5.10 Å². The second-order valence-corrected chi connectivity index (χ2v) is 9.85. The zero-order chi connectivity index (χ0) is 22.8. The van der Waals surface area contributed by atoms with Crippen LogP contribution in [0.5, 0.6) is 5.75 Å². The summed E-state index contributed by atoms with van der Waals surface area (Å²) >= 11 is 0. The average Bonchev–Trinajstić information content (AvgIpc) is 3.40. The zero-order valence-corrected chi connectivity index (χ0v) is 17.9. The Hall–Kier alpha value is -2.85. The Morgan fingerprint density at radius 2 is 1.88 bits per heavy atom. The molecule has 1 saturated heterocycles. The molecule has 10 heteroatoms. The number of sulfone groups is 1. The summed E-state index contributed by atoms with van der Waals surface area (Å²) in [6.45, 7) is 2.07. The second kappa shape index (κ2) is 8.95. The molecule has 32 heavy (non-hydrogen) atoms. The molecule has 0 aliphatic carbocycles. The number of rotatable bonds is 7. The minimum absolute atomic E-state index is 0.0875. The first-order valence-corrected chi connectivity index (χ1v) is 11.7. The summed E-state index contributed by atoms with van der Waals surface area (Å²) < 4.78 is 68.4. The molecule has 4 rings (SSSR count). The van der Waals surface area contributed by atoms with Crippen molar-refractivity contribution in [2.45, 2.75) is 24.2 Å². The molecule has 0 unspecified atom stereocenters. The van der Waals surface area contributed by atoms with Crippen molar-refractivity contribution in [3.8, 4) is 11.4 Å². The van der Waals surface area contributed by atoms with Crippen molar-refractivity contribution in [1.82, 2.24) is 14.7 Å². The molecule has 2 heterocycles. The molecular weight excluding hydrogens is 443 g/mol. The summed E-state index contributed by atoms with van der Waals surface area (Å²) in [5.41, 5.74) is 2.07. The van der Waals surface area contributed by atoms with Crippen LogP contribution in [0.25, 0.3) is 5.69 Å². The van der Waals surface area contributed by atoms with Crippen molar-refractivity contribution in [2.75, 3.05) is 18.8 Å². The number of benzene rings is 2. The minimum atomic E-state index is -4.87. The van der Waals surface area contributed by atoms with Crippen LogP contribution in [0.1, 0.15) is 12.0 Å². The number of alkyl halides is 3. The fourth-order valence-corrected chi connectivity index (χ4v) is 5.56. The lowest BCUT2D eigenvalue weighted by Crippen LogP contribution is -2.23. The molecule has 0 N–H and O–H groups in total. The van der Waals surface area contributed by atoms with Gasteiger partial charge in [0.15, 0.2) is 9.84 Å². The normalized spacial score (nSPS) is 17.5. The maximum absolute atomic E-state index is 12.8. The number of nitrogens with zero attached hydrogens (tertiary/aromatic N) is 3. The number of aromatic nitrogens is 2. The summed E-state index contributed by atoms with van der Waals surface area (Å²) in [7, 11) is -3.73. The monoisotopic (exact) mass is 465 g/mol. The molecule has 0 bridgehead atoms. The molecule has 1 aliphatic rings. The fourth-order valence-electron chi connectivity index (χ4n) is 3.90. The first kappa shape index (κ1) is 22.3. The Morgan fingerprint density at radius 3 is 2.56 bits per heavy atom. The highest BCUT2D eigenvalue weighted by Crippen LogP contribution is 2.28. The molecule has 0 saturated carbocycles. The van der Waals surface area contributed by atoms with Crippen molar-refractivity contribution in [1.29, 1.82) is 0 Å². The van der Waals surface area contributed by atoms with E-state index >= 15 is 0 Å². The lowest BCUT2D eigenvalue weighted by Gasteiger charge is -2.17. The van der Waals surface area contributed by atoms with E-state index < -0.39 is 21.9 Å². The maximum atomic E-state index is 12.8. The van der Waals surface area contributed by atoms with Gasteiger partial charge in [-0.3, -0.25) is 4.90 Å². The highest BCUT2D eigenvalue weighted by molar-refractivity contribution is 7.91. The van der Waals surface area contributed by atoms with Crippen LogP contribution in [0, 0.1) is 5.92 Å². The van der Waals surface area contributed by atoms with Gasteiger partial charge in [0.2, 0.25) is 0 Å². The van der Waals surface area contributed by atoms with Crippen LogP contribution in [0.15, 0.2) is 71.9 Å². The topological polar surface area (TPSA) is 64.4 Å². The fraction of sp³-hybridized carbons (Fsp3) is 0.318. The summed E-state index contributed by atoms with van der Waals surface area (Å²) in [6, 6.07) is 14.4. The highest BCUT2D eigenvalue weighted by atomic mass is 32.2. The van der Waals surface area contributed by atoms with Crippen LogP contribution in [0.2, 0.25) is 0 Å². The van der Waals surface area contributed by atoms with Crippen LogP contribution < -0.4 is 4.74 Å². The third-order valence-electron chi connectivity index (χ3n) is 5.33. The van der Waals surface area contributed by atoms with Gasteiger partial charge in [-0.25, -0.2) is 13.1 Å². The van der Waals surface area contributed by atoms with E-state index in [1.807, 2.05) is 36.5 Å². The third-order valence-corrected chi connectivity index (χ3v) is 7.22. The lowest BCUT2D eigenvalue weighted by molar-refractivity contribution is -0.274. The third kappa shape index (κ3) is 5.68. The average molecular weight is 465 g/mol. The van der Waals surface area contributed by atoms with Gasteiger partial charge in [0.1, 0.15) is 5.75 Å². The van der Waals surface area contributed by atoms with Crippen LogP contribution in [0.4, 0.5) is 13.2 Å². The summed E-state index contributed by atoms with van der Waals surface area (Å²) in [4.78, 5) is 2.03. The Kier molecular flexibility index (Phi) is 6.25. The maximum Gasteiger partial charge on any atom is 0.573 e. The van der Waals surface area contributed by atoms with Crippen LogP contribution >= 0.6 is 0 Å². The highest BCUT2D eigenvalue weighted by Gasteiger charge is 2.32. The summed E-state index contributed by atoms with van der Waals surface area (Å²) in [5, 5.41) is 4.20. The van der Waals surface area contributed by atoms with E-state index in [1.165, 1.54) is 12.1 Å². The Bertz CT molecular complexity index is 1150. The van der Waals surface area contributed by atoms with Gasteiger partial charge in [0, 0.05) is 25.5 Å². The van der Waals surface area contributed by atoms with Gasteiger partial charge < -0.3 is 4.74 Å². The number of likely N-dealkylation sites (tertiary alicyclic amines) is 1. The van der Waals surface area contributed by atoms with Gasteiger partial charge in [-0.05, 0) is 60.8 Å². The van der Waals surface area contributed by atoms with Crippen molar-refractivity contribution >= 4 is 9.84 Å². The van der Waals surface area contributed by atoms with E-state index in [0.29, 0.717) is 19.5 Å². The molecule has 170 valence electrons. The number of hydrogen-bond donors (Lipinski definition) is 0. The standard InChI is InChI=1S/C22H22F3N3O3S/c23-22(24,25)31-20-3-1-4-21(13-20)32(29,30)16-18-9-12-27(15-18)14-17-5-7-19(8-6-17)28-11-2-10-26-28/h1-8,10-11,13,18H,9,12,14-16H2/t18-/m1/s1. The molecule has 0 radical (unpaired) electrons. The van der Waals surface area contributed by atoms with Crippen LogP contribution in [0.3, 0.4) is 0 Å². The van der Waals surface area contributed by atoms with Gasteiger partial charge in [0.25, 0.3) is 0 Å². The molecule has 1 aromatic heterocycles. The van der Waals surface area contributed by atoms with E-state index in [9.17, 15) is 21.6 Å². The smallest absolute Gasteiger partial charge is 0.406 e. The molecule has 1 fully saturated rings. The van der Waals surface area contributed by atoms with Crippen molar-refractivity contribution in [3.05, 3.63) is 72.6 Å². The molecule has 0 spiro atoms. The molecule has 3 aromatic rings. The Balaban J connectivity index is 1.35. The van der Waals surface area contributed by atoms with Crippen LogP contribution in [-0.4, -0.2) is 48.3 Å². The molecule has 0 amide bonds. The van der Waals surface area contributed by atoms with Gasteiger partial charge in [0.05, 0.1) is 16.3 Å².